The zero-order chi connectivity index (χ0) is 13.4. The summed E-state index contributed by atoms with van der Waals surface area (Å²) in [5, 5.41) is 0. The molecule has 0 aromatic rings. The fraction of sp³-hybridized carbons (Fsp3) is 1.00. The van der Waals surface area contributed by atoms with Gasteiger partial charge in [-0.2, -0.15) is 0 Å². The van der Waals surface area contributed by atoms with Gasteiger partial charge in [0.2, 0.25) is 0 Å². The summed E-state index contributed by atoms with van der Waals surface area (Å²) >= 11 is 0. The van der Waals surface area contributed by atoms with Crippen LogP contribution in [0.4, 0.5) is 0 Å². The standard InChI is InChI=1S/C16H32N2/c1-15(2,3)13-16(4,5)18-11-7-10-17-9-6-8-14(17)12-18/h14H,6-13H2,1-5H3. The van der Waals surface area contributed by atoms with E-state index in [2.05, 4.69) is 44.4 Å². The molecule has 0 aromatic carbocycles. The lowest BCUT2D eigenvalue weighted by Crippen LogP contribution is -2.49. The molecule has 0 aliphatic carbocycles. The summed E-state index contributed by atoms with van der Waals surface area (Å²) in [5.41, 5.74) is 0.766. The number of fused-ring (bicyclic) bond motifs is 1. The van der Waals surface area contributed by atoms with E-state index in [0.717, 1.165) is 6.04 Å². The van der Waals surface area contributed by atoms with Gasteiger partial charge in [-0.25, -0.2) is 0 Å². The van der Waals surface area contributed by atoms with E-state index in [9.17, 15) is 0 Å². The lowest BCUT2D eigenvalue weighted by molar-refractivity contribution is 0.0700. The van der Waals surface area contributed by atoms with E-state index < -0.39 is 0 Å². The zero-order valence-electron chi connectivity index (χ0n) is 13.1. The molecule has 2 rings (SSSR count). The van der Waals surface area contributed by atoms with Gasteiger partial charge in [0.15, 0.2) is 0 Å². The Balaban J connectivity index is 2.02. The number of nitrogens with zero attached hydrogens (tertiary/aromatic N) is 2. The Morgan fingerprint density at radius 2 is 1.61 bits per heavy atom. The van der Waals surface area contributed by atoms with E-state index in [-0.39, 0.29) is 0 Å². The summed E-state index contributed by atoms with van der Waals surface area (Å²) in [5.74, 6) is 0. The third kappa shape index (κ3) is 3.48. The highest BCUT2D eigenvalue weighted by Gasteiger charge is 2.36. The van der Waals surface area contributed by atoms with Crippen LogP contribution >= 0.6 is 0 Å². The molecule has 2 nitrogen and oxygen atoms in total. The Kier molecular flexibility index (Phi) is 4.08. The molecule has 2 saturated heterocycles. The molecule has 2 fully saturated rings. The summed E-state index contributed by atoms with van der Waals surface area (Å²) < 4.78 is 0. The van der Waals surface area contributed by atoms with Gasteiger partial charge < -0.3 is 0 Å². The summed E-state index contributed by atoms with van der Waals surface area (Å²) in [6.07, 6.45) is 5.47. The van der Waals surface area contributed by atoms with Crippen LogP contribution in [0.5, 0.6) is 0 Å². The van der Waals surface area contributed by atoms with E-state index in [0.29, 0.717) is 11.0 Å². The maximum absolute atomic E-state index is 2.77. The third-order valence-electron chi connectivity index (χ3n) is 4.62. The molecule has 18 heavy (non-hydrogen) atoms. The van der Waals surface area contributed by atoms with Crippen molar-refractivity contribution in [1.29, 1.82) is 0 Å². The van der Waals surface area contributed by atoms with Crippen molar-refractivity contribution in [3.63, 3.8) is 0 Å². The highest BCUT2D eigenvalue weighted by atomic mass is 15.3. The average molecular weight is 252 g/mol. The van der Waals surface area contributed by atoms with Crippen LogP contribution in [0.25, 0.3) is 0 Å². The van der Waals surface area contributed by atoms with Crippen LogP contribution in [-0.4, -0.2) is 47.6 Å². The second-order valence-corrected chi connectivity index (χ2v) is 8.18. The van der Waals surface area contributed by atoms with Gasteiger partial charge in [0.05, 0.1) is 0 Å². The SMILES string of the molecule is CC(C)(C)CC(C)(C)N1CCCN2CCCC2C1. The van der Waals surface area contributed by atoms with Crippen molar-refractivity contribution in [3.05, 3.63) is 0 Å². The molecule has 106 valence electrons. The molecule has 0 bridgehead atoms. The Hall–Kier alpha value is -0.0800. The van der Waals surface area contributed by atoms with Gasteiger partial charge in [-0.3, -0.25) is 9.80 Å². The minimum Gasteiger partial charge on any atom is -0.299 e. The molecule has 2 heteroatoms. The van der Waals surface area contributed by atoms with Gasteiger partial charge >= 0.3 is 0 Å². The minimum atomic E-state index is 0.344. The molecule has 1 unspecified atom stereocenters. The normalized spacial score (nSPS) is 28.2. The molecule has 0 radical (unpaired) electrons. The molecule has 2 heterocycles. The largest absolute Gasteiger partial charge is 0.299 e. The van der Waals surface area contributed by atoms with Crippen molar-refractivity contribution in [3.8, 4) is 0 Å². The van der Waals surface area contributed by atoms with Gasteiger partial charge in [-0.15, -0.1) is 0 Å². The second kappa shape index (κ2) is 5.13. The molecule has 0 spiro atoms. The molecule has 1 atom stereocenters. The van der Waals surface area contributed by atoms with Gasteiger partial charge in [0.1, 0.15) is 0 Å². The van der Waals surface area contributed by atoms with Crippen molar-refractivity contribution in [2.45, 2.75) is 71.9 Å². The fourth-order valence-electron chi connectivity index (χ4n) is 4.17. The smallest absolute Gasteiger partial charge is 0.0223 e. The first-order valence-corrected chi connectivity index (χ1v) is 7.77. The highest BCUT2D eigenvalue weighted by molar-refractivity contribution is 4.92. The van der Waals surface area contributed by atoms with Crippen LogP contribution in [-0.2, 0) is 0 Å². The van der Waals surface area contributed by atoms with E-state index >= 15 is 0 Å². The summed E-state index contributed by atoms with van der Waals surface area (Å²) in [7, 11) is 0. The van der Waals surface area contributed by atoms with Crippen molar-refractivity contribution in [1.82, 2.24) is 9.80 Å². The molecule has 2 aliphatic rings. The first kappa shape index (κ1) is 14.3. The molecular weight excluding hydrogens is 220 g/mol. The van der Waals surface area contributed by atoms with Crippen molar-refractivity contribution in [2.24, 2.45) is 5.41 Å². The lowest BCUT2D eigenvalue weighted by Gasteiger charge is -2.43. The Morgan fingerprint density at radius 1 is 0.944 bits per heavy atom. The van der Waals surface area contributed by atoms with Crippen molar-refractivity contribution >= 4 is 0 Å². The molecule has 0 amide bonds. The van der Waals surface area contributed by atoms with Crippen LogP contribution in [0, 0.1) is 5.41 Å². The minimum absolute atomic E-state index is 0.344. The van der Waals surface area contributed by atoms with Gasteiger partial charge in [-0.05, 0) is 64.6 Å². The quantitative estimate of drug-likeness (QED) is 0.743. The summed E-state index contributed by atoms with van der Waals surface area (Å²) in [6.45, 7) is 17.3. The van der Waals surface area contributed by atoms with Crippen LogP contribution in [0.1, 0.15) is 60.3 Å². The van der Waals surface area contributed by atoms with Gasteiger partial charge in [0, 0.05) is 18.1 Å². The van der Waals surface area contributed by atoms with Crippen molar-refractivity contribution < 1.29 is 0 Å². The lowest BCUT2D eigenvalue weighted by atomic mass is 9.80. The molecule has 0 N–H and O–H groups in total. The van der Waals surface area contributed by atoms with E-state index in [1.54, 1.807) is 0 Å². The molecular formula is C16H32N2. The summed E-state index contributed by atoms with van der Waals surface area (Å²) in [4.78, 5) is 5.50. The number of hydrogen-bond donors (Lipinski definition) is 0. The first-order valence-electron chi connectivity index (χ1n) is 7.77. The third-order valence-corrected chi connectivity index (χ3v) is 4.62. The monoisotopic (exact) mass is 252 g/mol. The van der Waals surface area contributed by atoms with E-state index in [1.807, 2.05) is 0 Å². The Bertz CT molecular complexity index is 277. The Morgan fingerprint density at radius 3 is 2.28 bits per heavy atom. The molecule has 0 saturated carbocycles. The number of hydrogen-bond acceptors (Lipinski definition) is 2. The predicted molar refractivity (Wildman–Crippen MR) is 78.9 cm³/mol. The first-order chi connectivity index (χ1) is 8.28. The zero-order valence-corrected chi connectivity index (χ0v) is 13.1. The topological polar surface area (TPSA) is 6.48 Å². The van der Waals surface area contributed by atoms with Crippen LogP contribution in [0.2, 0.25) is 0 Å². The second-order valence-electron chi connectivity index (χ2n) is 8.18. The van der Waals surface area contributed by atoms with Gasteiger partial charge in [-0.1, -0.05) is 20.8 Å². The highest BCUT2D eigenvalue weighted by Crippen LogP contribution is 2.33. The fourth-order valence-corrected chi connectivity index (χ4v) is 4.17. The summed E-state index contributed by atoms with van der Waals surface area (Å²) in [6, 6.07) is 0.840. The maximum Gasteiger partial charge on any atom is 0.0223 e. The van der Waals surface area contributed by atoms with Crippen LogP contribution in [0.15, 0.2) is 0 Å². The Labute approximate surface area is 114 Å². The predicted octanol–water partition coefficient (Wildman–Crippen LogP) is 3.37. The molecule has 0 aromatic heterocycles. The van der Waals surface area contributed by atoms with Crippen molar-refractivity contribution in [2.75, 3.05) is 26.2 Å². The van der Waals surface area contributed by atoms with E-state index in [1.165, 1.54) is 51.9 Å². The van der Waals surface area contributed by atoms with Crippen LogP contribution < -0.4 is 0 Å². The number of rotatable bonds is 2. The van der Waals surface area contributed by atoms with Crippen LogP contribution in [0.3, 0.4) is 0 Å². The molecule has 2 aliphatic heterocycles. The van der Waals surface area contributed by atoms with Gasteiger partial charge in [0.25, 0.3) is 0 Å². The van der Waals surface area contributed by atoms with E-state index in [4.69, 9.17) is 0 Å². The average Bonchev–Trinajstić information content (AvgIpc) is 2.51. The maximum atomic E-state index is 2.77.